The van der Waals surface area contributed by atoms with Crippen LogP contribution in [-0.4, -0.2) is 24.5 Å². The molecule has 3 unspecified atom stereocenters. The summed E-state index contributed by atoms with van der Waals surface area (Å²) in [5.74, 6) is 0.376. The van der Waals surface area contributed by atoms with Crippen molar-refractivity contribution in [2.24, 2.45) is 5.92 Å². The SMILES string of the molecule is CCCC(C)C(=O)NC1CCCNC1C.Cl. The third kappa shape index (κ3) is 4.71. The zero-order valence-electron chi connectivity index (χ0n) is 10.6. The second-order valence-electron chi connectivity index (χ2n) is 4.69. The van der Waals surface area contributed by atoms with E-state index in [9.17, 15) is 4.79 Å². The first-order valence-corrected chi connectivity index (χ1v) is 6.19. The molecule has 1 fully saturated rings. The van der Waals surface area contributed by atoms with Gasteiger partial charge in [0.2, 0.25) is 5.91 Å². The minimum Gasteiger partial charge on any atom is -0.352 e. The van der Waals surface area contributed by atoms with Crippen LogP contribution >= 0.6 is 12.4 Å². The minimum atomic E-state index is 0. The largest absolute Gasteiger partial charge is 0.352 e. The Bertz CT molecular complexity index is 211. The maximum atomic E-state index is 11.8. The molecule has 1 saturated heterocycles. The Morgan fingerprint density at radius 1 is 1.56 bits per heavy atom. The first kappa shape index (κ1) is 15.7. The number of rotatable bonds is 4. The number of hydrogen-bond donors (Lipinski definition) is 2. The van der Waals surface area contributed by atoms with Crippen LogP contribution in [0.2, 0.25) is 0 Å². The van der Waals surface area contributed by atoms with Crippen LogP contribution in [0.15, 0.2) is 0 Å². The predicted octanol–water partition coefficient (Wildman–Crippen LogP) is 2.10. The van der Waals surface area contributed by atoms with Gasteiger partial charge in [0, 0.05) is 18.0 Å². The average molecular weight is 249 g/mol. The van der Waals surface area contributed by atoms with Crippen molar-refractivity contribution in [3.8, 4) is 0 Å². The van der Waals surface area contributed by atoms with Crippen LogP contribution in [0.3, 0.4) is 0 Å². The summed E-state index contributed by atoms with van der Waals surface area (Å²) >= 11 is 0. The van der Waals surface area contributed by atoms with Crippen molar-refractivity contribution >= 4 is 18.3 Å². The molecule has 3 nitrogen and oxygen atoms in total. The molecule has 0 spiro atoms. The highest BCUT2D eigenvalue weighted by atomic mass is 35.5. The van der Waals surface area contributed by atoms with Crippen molar-refractivity contribution in [1.82, 2.24) is 10.6 Å². The summed E-state index contributed by atoms with van der Waals surface area (Å²) in [6.07, 6.45) is 4.34. The normalized spacial score (nSPS) is 26.7. The molecule has 0 aromatic carbocycles. The number of carbonyl (C=O) groups is 1. The van der Waals surface area contributed by atoms with E-state index in [1.54, 1.807) is 0 Å². The Balaban J connectivity index is 0.00000225. The molecule has 96 valence electrons. The molecule has 1 rings (SSSR count). The van der Waals surface area contributed by atoms with Gasteiger partial charge in [-0.3, -0.25) is 4.79 Å². The van der Waals surface area contributed by atoms with Gasteiger partial charge in [-0.15, -0.1) is 12.4 Å². The summed E-state index contributed by atoms with van der Waals surface area (Å²) in [7, 11) is 0. The number of piperidine rings is 1. The van der Waals surface area contributed by atoms with Crippen molar-refractivity contribution in [1.29, 1.82) is 0 Å². The molecule has 1 heterocycles. The lowest BCUT2D eigenvalue weighted by Gasteiger charge is -2.31. The first-order chi connectivity index (χ1) is 7.15. The van der Waals surface area contributed by atoms with Crippen molar-refractivity contribution in [3.63, 3.8) is 0 Å². The van der Waals surface area contributed by atoms with Crippen LogP contribution in [0.5, 0.6) is 0 Å². The van der Waals surface area contributed by atoms with Crippen LogP contribution in [0.1, 0.15) is 46.5 Å². The van der Waals surface area contributed by atoms with Gasteiger partial charge in [-0.1, -0.05) is 20.3 Å². The highest BCUT2D eigenvalue weighted by molar-refractivity contribution is 5.85. The van der Waals surface area contributed by atoms with Crippen LogP contribution < -0.4 is 10.6 Å². The Hall–Kier alpha value is -0.280. The van der Waals surface area contributed by atoms with Gasteiger partial charge in [0.05, 0.1) is 0 Å². The number of hydrogen-bond acceptors (Lipinski definition) is 2. The Morgan fingerprint density at radius 3 is 2.81 bits per heavy atom. The monoisotopic (exact) mass is 248 g/mol. The smallest absolute Gasteiger partial charge is 0.223 e. The zero-order chi connectivity index (χ0) is 11.3. The number of amides is 1. The van der Waals surface area contributed by atoms with Gasteiger partial charge in [-0.05, 0) is 32.7 Å². The van der Waals surface area contributed by atoms with Gasteiger partial charge < -0.3 is 10.6 Å². The van der Waals surface area contributed by atoms with Crippen LogP contribution in [0, 0.1) is 5.92 Å². The van der Waals surface area contributed by atoms with E-state index < -0.39 is 0 Å². The maximum absolute atomic E-state index is 11.8. The molecule has 0 aromatic heterocycles. The predicted molar refractivity (Wildman–Crippen MR) is 69.9 cm³/mol. The molecule has 2 N–H and O–H groups in total. The van der Waals surface area contributed by atoms with E-state index in [2.05, 4.69) is 24.5 Å². The van der Waals surface area contributed by atoms with Gasteiger partial charge in [0.25, 0.3) is 0 Å². The Morgan fingerprint density at radius 2 is 2.25 bits per heavy atom. The fourth-order valence-corrected chi connectivity index (χ4v) is 2.13. The van der Waals surface area contributed by atoms with Gasteiger partial charge in [0.1, 0.15) is 0 Å². The highest BCUT2D eigenvalue weighted by Gasteiger charge is 2.23. The Labute approximate surface area is 105 Å². The molecule has 0 bridgehead atoms. The third-order valence-electron chi connectivity index (χ3n) is 3.26. The summed E-state index contributed by atoms with van der Waals surface area (Å²) in [5, 5.41) is 6.55. The topological polar surface area (TPSA) is 41.1 Å². The van der Waals surface area contributed by atoms with E-state index in [1.807, 2.05) is 6.92 Å². The van der Waals surface area contributed by atoms with Gasteiger partial charge in [-0.25, -0.2) is 0 Å². The molecule has 0 radical (unpaired) electrons. The van der Waals surface area contributed by atoms with Crippen LogP contribution in [0.25, 0.3) is 0 Å². The quantitative estimate of drug-likeness (QED) is 0.800. The van der Waals surface area contributed by atoms with Crippen molar-refractivity contribution in [3.05, 3.63) is 0 Å². The average Bonchev–Trinajstić information content (AvgIpc) is 2.21. The molecule has 0 aliphatic carbocycles. The van der Waals surface area contributed by atoms with E-state index in [4.69, 9.17) is 0 Å². The molecule has 16 heavy (non-hydrogen) atoms. The van der Waals surface area contributed by atoms with Crippen molar-refractivity contribution < 1.29 is 4.79 Å². The molecule has 0 aromatic rings. The van der Waals surface area contributed by atoms with Crippen molar-refractivity contribution in [2.75, 3.05) is 6.54 Å². The minimum absolute atomic E-state index is 0. The molecular formula is C12H25ClN2O. The van der Waals surface area contributed by atoms with Crippen molar-refractivity contribution in [2.45, 2.75) is 58.5 Å². The Kier molecular flexibility index (Phi) is 7.77. The molecule has 4 heteroatoms. The summed E-state index contributed by atoms with van der Waals surface area (Å²) in [6, 6.07) is 0.738. The molecule has 1 amide bonds. The van der Waals surface area contributed by atoms with E-state index in [-0.39, 0.29) is 24.2 Å². The molecule has 1 aliphatic heterocycles. The number of carbonyl (C=O) groups excluding carboxylic acids is 1. The lowest BCUT2D eigenvalue weighted by molar-refractivity contribution is -0.125. The van der Waals surface area contributed by atoms with E-state index in [1.165, 1.54) is 0 Å². The first-order valence-electron chi connectivity index (χ1n) is 6.19. The number of halogens is 1. The summed E-state index contributed by atoms with van der Waals surface area (Å²) < 4.78 is 0. The van der Waals surface area contributed by atoms with Crippen LogP contribution in [-0.2, 0) is 4.79 Å². The molecule has 0 saturated carbocycles. The second kappa shape index (κ2) is 7.91. The van der Waals surface area contributed by atoms with Crippen LogP contribution in [0.4, 0.5) is 0 Å². The molecular weight excluding hydrogens is 224 g/mol. The standard InChI is InChI=1S/C12H24N2O.ClH/c1-4-6-9(2)12(15)14-11-7-5-8-13-10(11)3;/h9-11,13H,4-8H2,1-3H3,(H,14,15);1H. The summed E-state index contributed by atoms with van der Waals surface area (Å²) in [4.78, 5) is 11.8. The summed E-state index contributed by atoms with van der Waals surface area (Å²) in [5.41, 5.74) is 0. The maximum Gasteiger partial charge on any atom is 0.223 e. The number of nitrogens with one attached hydrogen (secondary N) is 2. The van der Waals surface area contributed by atoms with Gasteiger partial charge in [0.15, 0.2) is 0 Å². The fraction of sp³-hybridized carbons (Fsp3) is 0.917. The fourth-order valence-electron chi connectivity index (χ4n) is 2.13. The van der Waals surface area contributed by atoms with E-state index in [0.717, 1.165) is 32.2 Å². The van der Waals surface area contributed by atoms with E-state index in [0.29, 0.717) is 12.1 Å². The lowest BCUT2D eigenvalue weighted by atomic mass is 9.98. The third-order valence-corrected chi connectivity index (χ3v) is 3.26. The second-order valence-corrected chi connectivity index (χ2v) is 4.69. The van der Waals surface area contributed by atoms with Gasteiger partial charge in [-0.2, -0.15) is 0 Å². The molecule has 3 atom stereocenters. The van der Waals surface area contributed by atoms with E-state index >= 15 is 0 Å². The zero-order valence-corrected chi connectivity index (χ0v) is 11.4. The highest BCUT2D eigenvalue weighted by Crippen LogP contribution is 2.11. The van der Waals surface area contributed by atoms with Gasteiger partial charge >= 0.3 is 0 Å². The lowest BCUT2D eigenvalue weighted by Crippen LogP contribution is -2.52. The summed E-state index contributed by atoms with van der Waals surface area (Å²) in [6.45, 7) is 7.36. The molecule has 1 aliphatic rings.